The molecule has 0 saturated carbocycles. The van der Waals surface area contributed by atoms with Gasteiger partial charge in [0.2, 0.25) is 5.91 Å². The SMILES string of the molecule is Cc1cc(SCC(=O)N2CCCC(N(C)C)C2)c(C)cc1Br. The molecule has 1 aromatic carbocycles. The van der Waals surface area contributed by atoms with E-state index in [0.29, 0.717) is 11.8 Å². The van der Waals surface area contributed by atoms with Crippen molar-refractivity contribution in [2.75, 3.05) is 32.9 Å². The van der Waals surface area contributed by atoms with Crippen LogP contribution in [0.4, 0.5) is 0 Å². The van der Waals surface area contributed by atoms with Crippen LogP contribution in [0.2, 0.25) is 0 Å². The summed E-state index contributed by atoms with van der Waals surface area (Å²) in [6, 6.07) is 4.79. The quantitative estimate of drug-likeness (QED) is 0.739. The number of carbonyl (C=O) groups is 1. The van der Waals surface area contributed by atoms with E-state index in [-0.39, 0.29) is 5.91 Å². The predicted molar refractivity (Wildman–Crippen MR) is 97.6 cm³/mol. The van der Waals surface area contributed by atoms with Crippen LogP contribution >= 0.6 is 27.7 Å². The summed E-state index contributed by atoms with van der Waals surface area (Å²) in [5, 5.41) is 0. The summed E-state index contributed by atoms with van der Waals surface area (Å²) in [6.45, 7) is 5.95. The number of piperidine rings is 1. The monoisotopic (exact) mass is 384 g/mol. The summed E-state index contributed by atoms with van der Waals surface area (Å²) in [4.78, 5) is 17.9. The van der Waals surface area contributed by atoms with Gasteiger partial charge < -0.3 is 9.80 Å². The fourth-order valence-electron chi connectivity index (χ4n) is 2.74. The fourth-order valence-corrected chi connectivity index (χ4v) is 4.21. The number of likely N-dealkylation sites (tertiary alicyclic amines) is 1. The average Bonchev–Trinajstić information content (AvgIpc) is 2.49. The molecular weight excluding hydrogens is 360 g/mol. The van der Waals surface area contributed by atoms with Crippen molar-refractivity contribution in [1.82, 2.24) is 9.80 Å². The van der Waals surface area contributed by atoms with E-state index in [0.717, 1.165) is 24.0 Å². The molecule has 0 spiro atoms. The molecule has 0 aromatic heterocycles. The molecule has 122 valence electrons. The number of aryl methyl sites for hydroxylation is 2. The molecule has 1 atom stereocenters. The Kier molecular flexibility index (Phi) is 6.36. The number of halogens is 1. The number of benzene rings is 1. The van der Waals surface area contributed by atoms with Gasteiger partial charge in [-0.05, 0) is 64.0 Å². The van der Waals surface area contributed by atoms with E-state index in [1.807, 2.05) is 4.90 Å². The van der Waals surface area contributed by atoms with Crippen molar-refractivity contribution in [2.45, 2.75) is 37.6 Å². The zero-order chi connectivity index (χ0) is 16.3. The minimum Gasteiger partial charge on any atom is -0.340 e. The first-order valence-corrected chi connectivity index (χ1v) is 9.50. The minimum atomic E-state index is 0.261. The molecule has 0 aliphatic carbocycles. The molecule has 3 nitrogen and oxygen atoms in total. The molecule has 22 heavy (non-hydrogen) atoms. The number of thioether (sulfide) groups is 1. The fraction of sp³-hybridized carbons (Fsp3) is 0.588. The van der Waals surface area contributed by atoms with E-state index >= 15 is 0 Å². The normalized spacial score (nSPS) is 18.8. The van der Waals surface area contributed by atoms with Crippen LogP contribution in [0, 0.1) is 13.8 Å². The summed E-state index contributed by atoms with van der Waals surface area (Å²) in [5.74, 6) is 0.790. The lowest BCUT2D eigenvalue weighted by Gasteiger charge is -2.36. The first-order chi connectivity index (χ1) is 10.4. The lowest BCUT2D eigenvalue weighted by molar-refractivity contribution is -0.130. The van der Waals surface area contributed by atoms with E-state index in [1.54, 1.807) is 11.8 Å². The van der Waals surface area contributed by atoms with Crippen LogP contribution in [0.1, 0.15) is 24.0 Å². The smallest absolute Gasteiger partial charge is 0.232 e. The highest BCUT2D eigenvalue weighted by atomic mass is 79.9. The van der Waals surface area contributed by atoms with E-state index < -0.39 is 0 Å². The van der Waals surface area contributed by atoms with E-state index in [2.05, 4.69) is 60.9 Å². The second-order valence-electron chi connectivity index (χ2n) is 6.25. The van der Waals surface area contributed by atoms with Gasteiger partial charge in [0.15, 0.2) is 0 Å². The minimum absolute atomic E-state index is 0.261. The molecule has 0 bridgehead atoms. The standard InChI is InChI=1S/C17H25BrN2OS/c1-12-9-16(13(2)8-15(12)18)22-11-17(21)20-7-5-6-14(10-20)19(3)4/h8-9,14H,5-7,10-11H2,1-4H3. The van der Waals surface area contributed by atoms with Gasteiger partial charge in [-0.15, -0.1) is 11.8 Å². The Morgan fingerprint density at radius 3 is 2.77 bits per heavy atom. The Morgan fingerprint density at radius 2 is 2.09 bits per heavy atom. The van der Waals surface area contributed by atoms with Gasteiger partial charge in [-0.25, -0.2) is 0 Å². The molecule has 1 unspecified atom stereocenters. The molecular formula is C17H25BrN2OS. The molecule has 1 saturated heterocycles. The van der Waals surface area contributed by atoms with Crippen molar-refractivity contribution in [3.8, 4) is 0 Å². The maximum absolute atomic E-state index is 12.5. The topological polar surface area (TPSA) is 23.6 Å². The largest absolute Gasteiger partial charge is 0.340 e. The van der Waals surface area contributed by atoms with Crippen LogP contribution in [-0.4, -0.2) is 54.7 Å². The molecule has 1 aliphatic rings. The third-order valence-corrected chi connectivity index (χ3v) is 6.28. The van der Waals surface area contributed by atoms with Crippen LogP contribution in [0.25, 0.3) is 0 Å². The zero-order valence-corrected chi connectivity index (χ0v) is 16.3. The molecule has 0 N–H and O–H groups in total. The molecule has 1 aliphatic heterocycles. The number of likely N-dealkylation sites (N-methyl/N-ethyl adjacent to an activating group) is 1. The van der Waals surface area contributed by atoms with Gasteiger partial charge in [0, 0.05) is 28.5 Å². The second-order valence-corrected chi connectivity index (χ2v) is 8.13. The van der Waals surface area contributed by atoms with Gasteiger partial charge in [-0.3, -0.25) is 4.79 Å². The summed E-state index contributed by atoms with van der Waals surface area (Å²) < 4.78 is 1.13. The van der Waals surface area contributed by atoms with E-state index in [1.165, 1.54) is 22.4 Å². The molecule has 2 rings (SSSR count). The van der Waals surface area contributed by atoms with Crippen molar-refractivity contribution in [3.05, 3.63) is 27.7 Å². The highest BCUT2D eigenvalue weighted by molar-refractivity contribution is 9.10. The number of amides is 1. The van der Waals surface area contributed by atoms with Gasteiger partial charge in [0.1, 0.15) is 0 Å². The van der Waals surface area contributed by atoms with E-state index in [9.17, 15) is 4.79 Å². The lowest BCUT2D eigenvalue weighted by Crippen LogP contribution is -2.48. The molecule has 1 fully saturated rings. The van der Waals surface area contributed by atoms with Crippen LogP contribution in [-0.2, 0) is 4.79 Å². The molecule has 0 radical (unpaired) electrons. The van der Waals surface area contributed by atoms with Crippen LogP contribution in [0.3, 0.4) is 0 Å². The third kappa shape index (κ3) is 4.49. The number of hydrogen-bond donors (Lipinski definition) is 0. The van der Waals surface area contributed by atoms with Crippen LogP contribution in [0.5, 0.6) is 0 Å². The van der Waals surface area contributed by atoms with E-state index in [4.69, 9.17) is 0 Å². The maximum atomic E-state index is 12.5. The Labute approximate surface area is 146 Å². The van der Waals surface area contributed by atoms with Gasteiger partial charge >= 0.3 is 0 Å². The van der Waals surface area contributed by atoms with Crippen LogP contribution < -0.4 is 0 Å². The summed E-state index contributed by atoms with van der Waals surface area (Å²) >= 11 is 5.21. The van der Waals surface area contributed by atoms with Crippen molar-refractivity contribution >= 4 is 33.6 Å². The summed E-state index contributed by atoms with van der Waals surface area (Å²) in [6.07, 6.45) is 2.30. The number of nitrogens with zero attached hydrogens (tertiary/aromatic N) is 2. The Hall–Kier alpha value is -0.520. The zero-order valence-electron chi connectivity index (χ0n) is 13.9. The van der Waals surface area contributed by atoms with Crippen molar-refractivity contribution in [2.24, 2.45) is 0 Å². The Balaban J connectivity index is 1.94. The average molecular weight is 385 g/mol. The maximum Gasteiger partial charge on any atom is 0.232 e. The van der Waals surface area contributed by atoms with Crippen molar-refractivity contribution in [3.63, 3.8) is 0 Å². The molecule has 5 heteroatoms. The van der Waals surface area contributed by atoms with Crippen molar-refractivity contribution in [1.29, 1.82) is 0 Å². The lowest BCUT2D eigenvalue weighted by atomic mass is 10.1. The highest BCUT2D eigenvalue weighted by Crippen LogP contribution is 2.28. The highest BCUT2D eigenvalue weighted by Gasteiger charge is 2.24. The third-order valence-electron chi connectivity index (χ3n) is 4.29. The molecule has 1 aromatic rings. The number of carbonyl (C=O) groups excluding carboxylic acids is 1. The van der Waals surface area contributed by atoms with Gasteiger partial charge in [0.05, 0.1) is 5.75 Å². The second kappa shape index (κ2) is 7.84. The number of rotatable bonds is 4. The Morgan fingerprint density at radius 1 is 1.36 bits per heavy atom. The summed E-state index contributed by atoms with van der Waals surface area (Å²) in [5.41, 5.74) is 2.44. The van der Waals surface area contributed by atoms with Gasteiger partial charge in [-0.2, -0.15) is 0 Å². The molecule has 1 heterocycles. The summed E-state index contributed by atoms with van der Waals surface area (Å²) in [7, 11) is 4.20. The number of hydrogen-bond acceptors (Lipinski definition) is 3. The predicted octanol–water partition coefficient (Wildman–Crippen LogP) is 3.71. The van der Waals surface area contributed by atoms with Gasteiger partial charge in [0.25, 0.3) is 0 Å². The Bertz CT molecular complexity index is 548. The first kappa shape index (κ1) is 17.8. The van der Waals surface area contributed by atoms with Crippen LogP contribution in [0.15, 0.2) is 21.5 Å². The van der Waals surface area contributed by atoms with Crippen molar-refractivity contribution < 1.29 is 4.79 Å². The molecule has 1 amide bonds. The first-order valence-electron chi connectivity index (χ1n) is 7.72. The van der Waals surface area contributed by atoms with Gasteiger partial charge in [-0.1, -0.05) is 15.9 Å².